The fourth-order valence-corrected chi connectivity index (χ4v) is 3.17. The summed E-state index contributed by atoms with van der Waals surface area (Å²) in [7, 11) is 1.46. The van der Waals surface area contributed by atoms with Gasteiger partial charge in [0.1, 0.15) is 5.75 Å². The van der Waals surface area contributed by atoms with Crippen LogP contribution in [0.15, 0.2) is 42.5 Å². The van der Waals surface area contributed by atoms with Gasteiger partial charge in [-0.25, -0.2) is 0 Å². The van der Waals surface area contributed by atoms with E-state index in [9.17, 15) is 14.4 Å². The van der Waals surface area contributed by atoms with E-state index in [-0.39, 0.29) is 5.91 Å². The number of anilines is 2. The van der Waals surface area contributed by atoms with E-state index in [1.807, 2.05) is 0 Å². The zero-order chi connectivity index (χ0) is 21.0. The zero-order valence-corrected chi connectivity index (χ0v) is 16.8. The number of ether oxygens (including phenoxy) is 2. The van der Waals surface area contributed by atoms with E-state index in [4.69, 9.17) is 21.1 Å². The molecule has 0 heterocycles. The molecule has 2 aromatic rings. The maximum absolute atomic E-state index is 12.6. The summed E-state index contributed by atoms with van der Waals surface area (Å²) in [5, 5.41) is 5.86. The van der Waals surface area contributed by atoms with Crippen LogP contribution in [0.2, 0.25) is 5.02 Å². The van der Waals surface area contributed by atoms with Crippen LogP contribution in [0, 0.1) is 0 Å². The van der Waals surface area contributed by atoms with Crippen LogP contribution < -0.4 is 15.4 Å². The second kappa shape index (κ2) is 8.53. The Balaban J connectivity index is 1.62. The fraction of sp³-hybridized carbons (Fsp3) is 0.286. The molecule has 1 fully saturated rings. The van der Waals surface area contributed by atoms with Crippen molar-refractivity contribution in [2.24, 2.45) is 0 Å². The minimum atomic E-state index is -0.701. The second-order valence-corrected chi connectivity index (χ2v) is 7.25. The first-order valence-corrected chi connectivity index (χ1v) is 9.40. The maximum atomic E-state index is 12.6. The standard InChI is InChI=1S/C21H21ClN2O5/c1-13(25)23-16-7-8-18(28-2)17(11-16)24-19(26)12-29-20(27)21(9-10-21)14-3-5-15(22)6-4-14/h3-8,11H,9-10,12H2,1-2H3,(H,23,25)(H,24,26). The van der Waals surface area contributed by atoms with Crippen molar-refractivity contribution in [1.29, 1.82) is 0 Å². The molecule has 3 rings (SSSR count). The van der Waals surface area contributed by atoms with Gasteiger partial charge in [-0.2, -0.15) is 0 Å². The Morgan fingerprint density at radius 2 is 1.76 bits per heavy atom. The van der Waals surface area contributed by atoms with E-state index >= 15 is 0 Å². The van der Waals surface area contributed by atoms with Crippen LogP contribution >= 0.6 is 11.6 Å². The third-order valence-electron chi connectivity index (χ3n) is 4.67. The molecule has 0 aliphatic heterocycles. The zero-order valence-electron chi connectivity index (χ0n) is 16.1. The van der Waals surface area contributed by atoms with Gasteiger partial charge in [0.05, 0.1) is 18.2 Å². The molecule has 0 unspecified atom stereocenters. The highest BCUT2D eigenvalue weighted by molar-refractivity contribution is 6.30. The first-order valence-electron chi connectivity index (χ1n) is 9.03. The van der Waals surface area contributed by atoms with Crippen molar-refractivity contribution in [3.8, 4) is 5.75 Å². The maximum Gasteiger partial charge on any atom is 0.317 e. The van der Waals surface area contributed by atoms with Gasteiger partial charge in [-0.15, -0.1) is 0 Å². The number of hydrogen-bond acceptors (Lipinski definition) is 5. The molecule has 152 valence electrons. The first-order chi connectivity index (χ1) is 13.8. The van der Waals surface area contributed by atoms with Crippen molar-refractivity contribution in [2.75, 3.05) is 24.4 Å². The van der Waals surface area contributed by atoms with E-state index in [0.717, 1.165) is 5.56 Å². The predicted molar refractivity (Wildman–Crippen MR) is 109 cm³/mol. The van der Waals surface area contributed by atoms with Crippen LogP contribution in [0.1, 0.15) is 25.3 Å². The van der Waals surface area contributed by atoms with Gasteiger partial charge >= 0.3 is 5.97 Å². The fourth-order valence-electron chi connectivity index (χ4n) is 3.05. The number of nitrogens with one attached hydrogen (secondary N) is 2. The number of methoxy groups -OCH3 is 1. The number of amides is 2. The highest BCUT2D eigenvalue weighted by Gasteiger charge is 2.52. The smallest absolute Gasteiger partial charge is 0.317 e. The van der Waals surface area contributed by atoms with Gasteiger partial charge in [0.15, 0.2) is 6.61 Å². The molecule has 2 N–H and O–H groups in total. The third kappa shape index (κ3) is 4.86. The highest BCUT2D eigenvalue weighted by Crippen LogP contribution is 2.49. The van der Waals surface area contributed by atoms with E-state index in [1.54, 1.807) is 42.5 Å². The largest absolute Gasteiger partial charge is 0.495 e. The third-order valence-corrected chi connectivity index (χ3v) is 4.92. The van der Waals surface area contributed by atoms with E-state index in [2.05, 4.69) is 10.6 Å². The number of halogens is 1. The van der Waals surface area contributed by atoms with Gasteiger partial charge in [0.2, 0.25) is 5.91 Å². The molecule has 29 heavy (non-hydrogen) atoms. The van der Waals surface area contributed by atoms with E-state index in [0.29, 0.717) is 35.0 Å². The van der Waals surface area contributed by atoms with Gasteiger partial charge in [-0.3, -0.25) is 14.4 Å². The van der Waals surface area contributed by atoms with Gasteiger partial charge in [-0.1, -0.05) is 23.7 Å². The first kappa shape index (κ1) is 20.7. The van der Waals surface area contributed by atoms with Gasteiger partial charge in [-0.05, 0) is 48.7 Å². The summed E-state index contributed by atoms with van der Waals surface area (Å²) in [5.41, 5.74) is 0.995. The summed E-state index contributed by atoms with van der Waals surface area (Å²) in [6.45, 7) is 0.956. The average molecular weight is 417 g/mol. The lowest BCUT2D eigenvalue weighted by molar-refractivity contribution is -0.150. The number of rotatable bonds is 7. The average Bonchev–Trinajstić information content (AvgIpc) is 3.48. The number of carbonyl (C=O) groups excluding carboxylic acids is 3. The molecule has 0 bridgehead atoms. The molecule has 1 aliphatic rings. The van der Waals surface area contributed by atoms with E-state index in [1.165, 1.54) is 14.0 Å². The number of hydrogen-bond donors (Lipinski definition) is 2. The van der Waals surface area contributed by atoms with Crippen LogP contribution in [0.25, 0.3) is 0 Å². The minimum absolute atomic E-state index is 0.238. The molecule has 2 aromatic carbocycles. The lowest BCUT2D eigenvalue weighted by Gasteiger charge is -2.16. The summed E-state index contributed by atoms with van der Waals surface area (Å²) >= 11 is 5.90. The van der Waals surface area contributed by atoms with Crippen molar-refractivity contribution in [2.45, 2.75) is 25.2 Å². The molecule has 0 atom stereocenters. The lowest BCUT2D eigenvalue weighted by atomic mass is 9.96. The number of benzene rings is 2. The normalized spacial score (nSPS) is 13.9. The number of esters is 1. The van der Waals surface area contributed by atoms with Crippen LogP contribution in [-0.4, -0.2) is 31.5 Å². The second-order valence-electron chi connectivity index (χ2n) is 6.81. The number of carbonyl (C=O) groups is 3. The van der Waals surface area contributed by atoms with E-state index < -0.39 is 23.9 Å². The molecule has 0 radical (unpaired) electrons. The molecule has 7 nitrogen and oxygen atoms in total. The predicted octanol–water partition coefficient (Wildman–Crippen LogP) is 3.52. The molecule has 1 saturated carbocycles. The van der Waals surface area contributed by atoms with Crippen molar-refractivity contribution in [1.82, 2.24) is 0 Å². The van der Waals surface area contributed by atoms with Crippen molar-refractivity contribution >= 4 is 40.8 Å². The highest BCUT2D eigenvalue weighted by atomic mass is 35.5. The summed E-state index contributed by atoms with van der Waals surface area (Å²) in [5.74, 6) is -0.769. The summed E-state index contributed by atoms with van der Waals surface area (Å²) in [6.07, 6.45) is 1.34. The Kier molecular flexibility index (Phi) is 6.08. The van der Waals surface area contributed by atoms with Gasteiger partial charge < -0.3 is 20.1 Å². The van der Waals surface area contributed by atoms with Crippen LogP contribution in [0.5, 0.6) is 5.75 Å². The molecule has 0 spiro atoms. The Morgan fingerprint density at radius 3 is 2.34 bits per heavy atom. The topological polar surface area (TPSA) is 93.7 Å². The van der Waals surface area contributed by atoms with Gasteiger partial charge in [0.25, 0.3) is 5.91 Å². The Hall–Kier alpha value is -3.06. The van der Waals surface area contributed by atoms with Crippen LogP contribution in [-0.2, 0) is 24.5 Å². The lowest BCUT2D eigenvalue weighted by Crippen LogP contribution is -2.28. The SMILES string of the molecule is COc1ccc(NC(C)=O)cc1NC(=O)COC(=O)C1(c2ccc(Cl)cc2)CC1. The quantitative estimate of drug-likeness (QED) is 0.673. The van der Waals surface area contributed by atoms with Crippen molar-refractivity contribution in [3.63, 3.8) is 0 Å². The summed E-state index contributed by atoms with van der Waals surface area (Å²) in [4.78, 5) is 36.1. The Labute approximate surface area is 173 Å². The molecular weight excluding hydrogens is 396 g/mol. The molecule has 1 aliphatic carbocycles. The monoisotopic (exact) mass is 416 g/mol. The molecule has 8 heteroatoms. The molecule has 0 saturated heterocycles. The van der Waals surface area contributed by atoms with Crippen molar-refractivity contribution in [3.05, 3.63) is 53.1 Å². The van der Waals surface area contributed by atoms with Gasteiger partial charge in [0, 0.05) is 17.6 Å². The summed E-state index contributed by atoms with van der Waals surface area (Å²) < 4.78 is 10.5. The van der Waals surface area contributed by atoms with Crippen LogP contribution in [0.4, 0.5) is 11.4 Å². The van der Waals surface area contributed by atoms with Crippen molar-refractivity contribution < 1.29 is 23.9 Å². The Bertz CT molecular complexity index is 939. The molecule has 0 aromatic heterocycles. The minimum Gasteiger partial charge on any atom is -0.495 e. The molecular formula is C21H21ClN2O5. The summed E-state index contributed by atoms with van der Waals surface area (Å²) in [6, 6.07) is 11.9. The van der Waals surface area contributed by atoms with Crippen LogP contribution in [0.3, 0.4) is 0 Å². The molecule has 2 amide bonds. The Morgan fingerprint density at radius 1 is 1.07 bits per heavy atom.